The second kappa shape index (κ2) is 5.48. The molecule has 0 bridgehead atoms. The van der Waals surface area contributed by atoms with E-state index in [4.69, 9.17) is 0 Å². The van der Waals surface area contributed by atoms with E-state index in [9.17, 15) is 0 Å². The minimum Gasteiger partial charge on any atom is -0.310 e. The molecule has 0 aromatic heterocycles. The SMILES string of the molecule is CC(C)NC1CCN(CCN(C)C2CC2)C1. The van der Waals surface area contributed by atoms with Crippen molar-refractivity contribution in [2.45, 2.75) is 51.2 Å². The lowest BCUT2D eigenvalue weighted by Gasteiger charge is -2.22. The highest BCUT2D eigenvalue weighted by Crippen LogP contribution is 2.25. The van der Waals surface area contributed by atoms with E-state index in [0.29, 0.717) is 6.04 Å². The van der Waals surface area contributed by atoms with E-state index in [2.05, 4.69) is 36.0 Å². The molecule has 3 nitrogen and oxygen atoms in total. The van der Waals surface area contributed by atoms with E-state index in [1.807, 2.05) is 0 Å². The lowest BCUT2D eigenvalue weighted by molar-refractivity contribution is 0.247. The maximum Gasteiger partial charge on any atom is 0.0209 e. The highest BCUT2D eigenvalue weighted by Gasteiger charge is 2.27. The van der Waals surface area contributed by atoms with Gasteiger partial charge in [-0.05, 0) is 32.9 Å². The molecule has 1 aliphatic carbocycles. The third-order valence-corrected chi connectivity index (χ3v) is 3.78. The third kappa shape index (κ3) is 3.72. The number of hydrogen-bond donors (Lipinski definition) is 1. The Hall–Kier alpha value is -0.120. The summed E-state index contributed by atoms with van der Waals surface area (Å²) in [5.74, 6) is 0. The van der Waals surface area contributed by atoms with Gasteiger partial charge in [-0.2, -0.15) is 0 Å². The van der Waals surface area contributed by atoms with Crippen molar-refractivity contribution in [2.75, 3.05) is 33.2 Å². The van der Waals surface area contributed by atoms with E-state index >= 15 is 0 Å². The molecule has 1 unspecified atom stereocenters. The maximum atomic E-state index is 3.64. The van der Waals surface area contributed by atoms with Crippen molar-refractivity contribution in [3.05, 3.63) is 0 Å². The smallest absolute Gasteiger partial charge is 0.0209 e. The van der Waals surface area contributed by atoms with Gasteiger partial charge in [-0.3, -0.25) is 0 Å². The van der Waals surface area contributed by atoms with Crippen LogP contribution in [0.2, 0.25) is 0 Å². The van der Waals surface area contributed by atoms with Crippen LogP contribution >= 0.6 is 0 Å². The summed E-state index contributed by atoms with van der Waals surface area (Å²) in [6, 6.07) is 2.26. The highest BCUT2D eigenvalue weighted by atomic mass is 15.2. The van der Waals surface area contributed by atoms with E-state index < -0.39 is 0 Å². The van der Waals surface area contributed by atoms with Crippen molar-refractivity contribution in [1.29, 1.82) is 0 Å². The van der Waals surface area contributed by atoms with Gasteiger partial charge < -0.3 is 15.1 Å². The van der Waals surface area contributed by atoms with Crippen molar-refractivity contribution in [3.63, 3.8) is 0 Å². The summed E-state index contributed by atoms with van der Waals surface area (Å²) >= 11 is 0. The van der Waals surface area contributed by atoms with E-state index in [0.717, 1.165) is 12.1 Å². The zero-order valence-corrected chi connectivity index (χ0v) is 11.1. The van der Waals surface area contributed by atoms with E-state index in [1.165, 1.54) is 45.4 Å². The second-order valence-corrected chi connectivity index (χ2v) is 5.82. The summed E-state index contributed by atoms with van der Waals surface area (Å²) in [6.07, 6.45) is 4.17. The molecule has 3 heteroatoms. The van der Waals surface area contributed by atoms with Gasteiger partial charge in [0.1, 0.15) is 0 Å². The number of nitrogens with one attached hydrogen (secondary N) is 1. The lowest BCUT2D eigenvalue weighted by atomic mass is 10.2. The van der Waals surface area contributed by atoms with Crippen LogP contribution in [-0.4, -0.2) is 61.2 Å². The molecule has 1 N–H and O–H groups in total. The lowest BCUT2D eigenvalue weighted by Crippen LogP contribution is -2.38. The van der Waals surface area contributed by atoms with Crippen LogP contribution in [0.25, 0.3) is 0 Å². The normalized spacial score (nSPS) is 27.2. The Bertz CT molecular complexity index is 213. The van der Waals surface area contributed by atoms with Crippen LogP contribution in [-0.2, 0) is 0 Å². The molecule has 2 fully saturated rings. The molecule has 0 aromatic rings. The quantitative estimate of drug-likeness (QED) is 0.732. The van der Waals surface area contributed by atoms with Crippen LogP contribution in [0.1, 0.15) is 33.1 Å². The van der Waals surface area contributed by atoms with Crippen molar-refractivity contribution < 1.29 is 0 Å². The molecular weight excluding hydrogens is 198 g/mol. The molecule has 1 atom stereocenters. The number of likely N-dealkylation sites (tertiary alicyclic amines) is 1. The Kier molecular flexibility index (Phi) is 4.22. The predicted octanol–water partition coefficient (Wildman–Crippen LogP) is 1.15. The highest BCUT2D eigenvalue weighted by molar-refractivity contribution is 4.85. The zero-order chi connectivity index (χ0) is 11.5. The molecule has 1 heterocycles. The van der Waals surface area contributed by atoms with Crippen LogP contribution in [0, 0.1) is 0 Å². The van der Waals surface area contributed by atoms with Crippen LogP contribution in [0.15, 0.2) is 0 Å². The summed E-state index contributed by atoms with van der Waals surface area (Å²) in [4.78, 5) is 5.14. The largest absolute Gasteiger partial charge is 0.310 e. The van der Waals surface area contributed by atoms with E-state index in [-0.39, 0.29) is 0 Å². The average Bonchev–Trinajstić information content (AvgIpc) is 2.97. The Morgan fingerprint density at radius 2 is 2.06 bits per heavy atom. The van der Waals surface area contributed by atoms with Gasteiger partial charge in [0.2, 0.25) is 0 Å². The molecule has 16 heavy (non-hydrogen) atoms. The minimum absolute atomic E-state index is 0.624. The molecule has 0 spiro atoms. The number of likely N-dealkylation sites (N-methyl/N-ethyl adjacent to an activating group) is 1. The maximum absolute atomic E-state index is 3.64. The van der Waals surface area contributed by atoms with Gasteiger partial charge in [-0.25, -0.2) is 0 Å². The monoisotopic (exact) mass is 225 g/mol. The van der Waals surface area contributed by atoms with Gasteiger partial charge >= 0.3 is 0 Å². The number of hydrogen-bond acceptors (Lipinski definition) is 3. The number of nitrogens with zero attached hydrogens (tertiary/aromatic N) is 2. The molecule has 2 rings (SSSR count). The first kappa shape index (κ1) is 12.3. The summed E-state index contributed by atoms with van der Waals surface area (Å²) < 4.78 is 0. The van der Waals surface area contributed by atoms with Gasteiger partial charge in [-0.1, -0.05) is 13.8 Å². The Balaban J connectivity index is 1.60. The zero-order valence-electron chi connectivity index (χ0n) is 11.1. The first-order chi connectivity index (χ1) is 7.65. The van der Waals surface area contributed by atoms with Crippen molar-refractivity contribution in [1.82, 2.24) is 15.1 Å². The minimum atomic E-state index is 0.624. The Morgan fingerprint density at radius 1 is 1.31 bits per heavy atom. The fourth-order valence-corrected chi connectivity index (χ4v) is 2.64. The summed E-state index contributed by atoms with van der Waals surface area (Å²) in [7, 11) is 2.28. The van der Waals surface area contributed by atoms with Crippen LogP contribution in [0.3, 0.4) is 0 Å². The topological polar surface area (TPSA) is 18.5 Å². The first-order valence-corrected chi connectivity index (χ1v) is 6.84. The fraction of sp³-hybridized carbons (Fsp3) is 1.00. The van der Waals surface area contributed by atoms with Crippen molar-refractivity contribution in [2.24, 2.45) is 0 Å². The summed E-state index contributed by atoms with van der Waals surface area (Å²) in [5, 5.41) is 3.64. The van der Waals surface area contributed by atoms with Crippen LogP contribution in [0.5, 0.6) is 0 Å². The summed E-state index contributed by atoms with van der Waals surface area (Å²) in [6.45, 7) is 9.51. The second-order valence-electron chi connectivity index (χ2n) is 5.82. The molecule has 1 aliphatic heterocycles. The molecule has 0 radical (unpaired) electrons. The summed E-state index contributed by atoms with van der Waals surface area (Å²) in [5.41, 5.74) is 0. The molecule has 0 aromatic carbocycles. The molecule has 1 saturated heterocycles. The van der Waals surface area contributed by atoms with Gasteiger partial charge in [0, 0.05) is 37.8 Å². The Morgan fingerprint density at radius 3 is 2.69 bits per heavy atom. The molecular formula is C13H27N3. The van der Waals surface area contributed by atoms with Crippen LogP contribution < -0.4 is 5.32 Å². The van der Waals surface area contributed by atoms with Crippen LogP contribution in [0.4, 0.5) is 0 Å². The average molecular weight is 225 g/mol. The Labute approximate surface area is 100 Å². The third-order valence-electron chi connectivity index (χ3n) is 3.78. The standard InChI is InChI=1S/C13H27N3/c1-11(2)14-12-6-7-16(10-12)9-8-15(3)13-4-5-13/h11-14H,4-10H2,1-3H3. The van der Waals surface area contributed by atoms with Gasteiger partial charge in [0.25, 0.3) is 0 Å². The molecule has 0 amide bonds. The predicted molar refractivity (Wildman–Crippen MR) is 68.8 cm³/mol. The van der Waals surface area contributed by atoms with Gasteiger partial charge in [0.05, 0.1) is 0 Å². The fourth-order valence-electron chi connectivity index (χ4n) is 2.64. The van der Waals surface area contributed by atoms with E-state index in [1.54, 1.807) is 0 Å². The van der Waals surface area contributed by atoms with Gasteiger partial charge in [0.15, 0.2) is 0 Å². The molecule has 2 aliphatic rings. The molecule has 1 saturated carbocycles. The van der Waals surface area contributed by atoms with Crippen molar-refractivity contribution >= 4 is 0 Å². The molecule has 94 valence electrons. The first-order valence-electron chi connectivity index (χ1n) is 6.84. The van der Waals surface area contributed by atoms with Crippen molar-refractivity contribution in [3.8, 4) is 0 Å². The number of rotatable bonds is 6. The van der Waals surface area contributed by atoms with Gasteiger partial charge in [-0.15, -0.1) is 0 Å².